The number of carbonyl (C=O) groups excluding carboxylic acids is 2. The predicted octanol–water partition coefficient (Wildman–Crippen LogP) is 3.78. The molecular weight excluding hydrogens is 568 g/mol. The predicted molar refractivity (Wildman–Crippen MR) is 168 cm³/mol. The van der Waals surface area contributed by atoms with Gasteiger partial charge in [0.15, 0.2) is 0 Å². The van der Waals surface area contributed by atoms with Gasteiger partial charge in [0.05, 0.1) is 24.7 Å². The number of nitrogens with zero attached hydrogens (tertiary/aromatic N) is 3. The van der Waals surface area contributed by atoms with Crippen LogP contribution >= 0.6 is 9.24 Å². The van der Waals surface area contributed by atoms with Crippen molar-refractivity contribution >= 4 is 32.3 Å². The van der Waals surface area contributed by atoms with Crippen LogP contribution in [0.5, 0.6) is 0 Å². The summed E-state index contributed by atoms with van der Waals surface area (Å²) in [5.41, 5.74) is 1.97. The van der Waals surface area contributed by atoms with E-state index in [1.54, 1.807) is 30.3 Å². The summed E-state index contributed by atoms with van der Waals surface area (Å²) in [6.07, 6.45) is 9.40. The zero-order valence-electron chi connectivity index (χ0n) is 24.1. The number of H-pyrrole nitrogens is 1. The number of hydrogen-bond acceptors (Lipinski definition) is 6. The Labute approximate surface area is 252 Å². The lowest BCUT2D eigenvalue weighted by Gasteiger charge is -2.25. The lowest BCUT2D eigenvalue weighted by molar-refractivity contribution is -0.111. The van der Waals surface area contributed by atoms with Crippen LogP contribution in [0, 0.1) is 17.1 Å². The second-order valence-electron chi connectivity index (χ2n) is 9.61. The van der Waals surface area contributed by atoms with Crippen LogP contribution in [0.25, 0.3) is 0 Å². The molecule has 1 aromatic carbocycles. The molecule has 2 atom stereocenters. The molecule has 224 valence electrons. The number of hydrogen-bond donors (Lipinski definition) is 4. The minimum absolute atomic E-state index is 0.0204. The Morgan fingerprint density at radius 2 is 2.02 bits per heavy atom. The maximum atomic E-state index is 14.3. The molecule has 2 unspecified atom stereocenters. The molecule has 0 saturated heterocycles. The van der Waals surface area contributed by atoms with Gasteiger partial charge in [-0.05, 0) is 42.2 Å². The monoisotopic (exact) mass is 603 g/mol. The van der Waals surface area contributed by atoms with E-state index in [0.717, 1.165) is 5.57 Å². The van der Waals surface area contributed by atoms with E-state index in [1.807, 2.05) is 19.9 Å². The molecule has 2 aromatic rings. The summed E-state index contributed by atoms with van der Waals surface area (Å²) in [4.78, 5) is 47.0. The number of nitriles is 1. The van der Waals surface area contributed by atoms with Gasteiger partial charge in [-0.3, -0.25) is 14.9 Å². The highest BCUT2D eigenvalue weighted by Crippen LogP contribution is 2.20. The molecule has 1 heterocycles. The standard InChI is InChI=1S/C31H35FN7O3P/c1-4-8-21-16-26(27(40)17-25(21)36-23(5-2)12-13-33)37-30(34-6-3)38-31(42)39(19-22-9-7-14-35-29(22)41)18-20-10-11-28(43)24(32)15-20/h6-11,14-17,23,36H,3-5,12,18-19,43H2,1-2H3,(H,35,41)(H2,34,37,38,42)/b21-8-. The first-order chi connectivity index (χ1) is 20.7. The first-order valence-electron chi connectivity index (χ1n) is 13.7. The zero-order valence-corrected chi connectivity index (χ0v) is 25.3. The number of nitrogens with one attached hydrogen (secondary N) is 4. The van der Waals surface area contributed by atoms with E-state index < -0.39 is 11.8 Å². The van der Waals surface area contributed by atoms with Gasteiger partial charge in [0.1, 0.15) is 5.82 Å². The Balaban J connectivity index is 1.85. The first kappa shape index (κ1) is 32.7. The number of amides is 2. The Bertz CT molecular complexity index is 1590. The molecule has 0 bridgehead atoms. The number of carbonyl (C=O) groups is 2. The van der Waals surface area contributed by atoms with Gasteiger partial charge >= 0.3 is 6.03 Å². The smallest absolute Gasteiger partial charge is 0.324 e. The largest absolute Gasteiger partial charge is 0.381 e. The van der Waals surface area contributed by atoms with E-state index in [9.17, 15) is 18.8 Å². The van der Waals surface area contributed by atoms with Gasteiger partial charge in [0.25, 0.3) is 5.56 Å². The zero-order chi connectivity index (χ0) is 31.4. The van der Waals surface area contributed by atoms with Crippen molar-refractivity contribution in [2.75, 3.05) is 0 Å². The van der Waals surface area contributed by atoms with Crippen LogP contribution in [0.2, 0.25) is 0 Å². The number of allylic oxidation sites excluding steroid dienone is 3. The molecule has 0 spiro atoms. The van der Waals surface area contributed by atoms with Crippen molar-refractivity contribution in [3.63, 3.8) is 0 Å². The minimum atomic E-state index is -0.653. The van der Waals surface area contributed by atoms with E-state index in [2.05, 4.69) is 47.8 Å². The van der Waals surface area contributed by atoms with E-state index in [4.69, 9.17) is 5.26 Å². The maximum Gasteiger partial charge on any atom is 0.324 e. The van der Waals surface area contributed by atoms with Crippen LogP contribution in [-0.2, 0) is 17.9 Å². The minimum Gasteiger partial charge on any atom is -0.381 e. The number of urea groups is 1. The van der Waals surface area contributed by atoms with E-state index in [-0.39, 0.29) is 48.6 Å². The summed E-state index contributed by atoms with van der Waals surface area (Å²) < 4.78 is 14.3. The molecule has 1 aromatic heterocycles. The second kappa shape index (κ2) is 16.0. The fourth-order valence-electron chi connectivity index (χ4n) is 4.21. The number of aliphatic imine (C=N–C) groups is 1. The van der Waals surface area contributed by atoms with Crippen LogP contribution in [0.3, 0.4) is 0 Å². The third kappa shape index (κ3) is 9.35. The molecule has 2 amide bonds. The van der Waals surface area contributed by atoms with Crippen molar-refractivity contribution in [2.24, 2.45) is 4.99 Å². The molecule has 0 saturated carbocycles. The average Bonchev–Trinajstić information content (AvgIpc) is 2.97. The SMILES string of the molecule is C=CN=C(NC(=O)N(Cc1ccc(P)c(F)c1)Cc1ccc[nH]c1=O)NC1=C/C(=C/CC)C(NC(CC)CC#N)=CC1=O. The van der Waals surface area contributed by atoms with Gasteiger partial charge in [0, 0.05) is 47.6 Å². The van der Waals surface area contributed by atoms with Gasteiger partial charge in [-0.15, -0.1) is 9.24 Å². The van der Waals surface area contributed by atoms with Gasteiger partial charge in [-0.2, -0.15) is 5.26 Å². The Kier molecular flexibility index (Phi) is 12.2. The fraction of sp³-hybridized carbons (Fsp3) is 0.258. The van der Waals surface area contributed by atoms with Gasteiger partial charge < -0.3 is 20.5 Å². The summed E-state index contributed by atoms with van der Waals surface area (Å²) >= 11 is 0. The third-order valence-electron chi connectivity index (χ3n) is 6.45. The number of benzene rings is 1. The fourth-order valence-corrected chi connectivity index (χ4v) is 4.39. The molecule has 1 aliphatic rings. The first-order valence-corrected chi connectivity index (χ1v) is 14.3. The Hall–Kier alpha value is -4.81. The average molecular weight is 604 g/mol. The van der Waals surface area contributed by atoms with Crippen molar-refractivity contribution < 1.29 is 14.0 Å². The van der Waals surface area contributed by atoms with Crippen molar-refractivity contribution in [1.82, 2.24) is 25.8 Å². The molecule has 3 rings (SSSR count). The van der Waals surface area contributed by atoms with Crippen molar-refractivity contribution in [3.8, 4) is 6.07 Å². The summed E-state index contributed by atoms with van der Waals surface area (Å²) in [5.74, 6) is -0.890. The third-order valence-corrected chi connectivity index (χ3v) is 6.92. The summed E-state index contributed by atoms with van der Waals surface area (Å²) in [7, 11) is 2.30. The summed E-state index contributed by atoms with van der Waals surface area (Å²) in [5, 5.41) is 18.3. The van der Waals surface area contributed by atoms with Crippen LogP contribution in [-0.4, -0.2) is 33.7 Å². The van der Waals surface area contributed by atoms with Gasteiger partial charge in [0.2, 0.25) is 11.7 Å². The second-order valence-corrected chi connectivity index (χ2v) is 10.2. The maximum absolute atomic E-state index is 14.3. The van der Waals surface area contributed by atoms with E-state index in [0.29, 0.717) is 35.0 Å². The summed E-state index contributed by atoms with van der Waals surface area (Å²) in [6.45, 7) is 7.41. The van der Waals surface area contributed by atoms with Crippen LogP contribution in [0.1, 0.15) is 44.2 Å². The topological polar surface area (TPSA) is 142 Å². The normalized spacial score (nSPS) is 14.7. The molecule has 0 aliphatic heterocycles. The Morgan fingerprint density at radius 3 is 2.67 bits per heavy atom. The molecule has 43 heavy (non-hydrogen) atoms. The number of rotatable bonds is 11. The Morgan fingerprint density at radius 1 is 1.23 bits per heavy atom. The lowest BCUT2D eigenvalue weighted by atomic mass is 9.99. The van der Waals surface area contributed by atoms with E-state index in [1.165, 1.54) is 29.4 Å². The lowest BCUT2D eigenvalue weighted by Crippen LogP contribution is -2.48. The quantitative estimate of drug-likeness (QED) is 0.175. The van der Waals surface area contributed by atoms with Crippen LogP contribution < -0.4 is 26.8 Å². The van der Waals surface area contributed by atoms with E-state index >= 15 is 0 Å². The number of aromatic amines is 1. The highest BCUT2D eigenvalue weighted by Gasteiger charge is 2.23. The number of halogens is 1. The molecule has 4 N–H and O–H groups in total. The van der Waals surface area contributed by atoms with Crippen LogP contribution in [0.4, 0.5) is 9.18 Å². The van der Waals surface area contributed by atoms with Crippen LogP contribution in [0.15, 0.2) is 94.3 Å². The van der Waals surface area contributed by atoms with Crippen molar-refractivity contribution in [3.05, 3.63) is 112 Å². The number of pyridine rings is 1. The van der Waals surface area contributed by atoms with Crippen molar-refractivity contribution in [1.29, 1.82) is 5.26 Å². The highest BCUT2D eigenvalue weighted by molar-refractivity contribution is 7.27. The summed E-state index contributed by atoms with van der Waals surface area (Å²) in [6, 6.07) is 9.20. The molecular formula is C31H35FN7O3P. The molecule has 0 fully saturated rings. The molecule has 12 heteroatoms. The van der Waals surface area contributed by atoms with Gasteiger partial charge in [-0.1, -0.05) is 44.7 Å². The van der Waals surface area contributed by atoms with Crippen molar-refractivity contribution in [2.45, 2.75) is 52.2 Å². The highest BCUT2D eigenvalue weighted by atomic mass is 31.0. The number of guanidine groups is 1. The molecule has 10 nitrogen and oxygen atoms in total. The van der Waals surface area contributed by atoms with Gasteiger partial charge in [-0.25, -0.2) is 14.2 Å². The number of aromatic nitrogens is 1. The molecule has 0 radical (unpaired) electrons. The molecule has 1 aliphatic carbocycles. The number of ketones is 1.